The number of carbonyl (C=O) groups is 1. The molecule has 2 aromatic heterocycles. The molecule has 6 nitrogen and oxygen atoms in total. The smallest absolute Gasteiger partial charge is 0.337 e. The fourth-order valence-electron chi connectivity index (χ4n) is 1.55. The van der Waals surface area contributed by atoms with Crippen LogP contribution in [0.3, 0.4) is 0 Å². The molecule has 0 unspecified atom stereocenters. The third-order valence-corrected chi connectivity index (χ3v) is 3.83. The van der Waals surface area contributed by atoms with Gasteiger partial charge in [0.15, 0.2) is 5.16 Å². The summed E-state index contributed by atoms with van der Waals surface area (Å²) < 4.78 is 0. The predicted molar refractivity (Wildman–Crippen MR) is 76.0 cm³/mol. The van der Waals surface area contributed by atoms with Crippen LogP contribution in [0.4, 0.5) is 5.69 Å². The number of carboxylic acid groups (broad SMARTS) is 1. The van der Waals surface area contributed by atoms with Crippen LogP contribution in [0.15, 0.2) is 22.4 Å². The van der Waals surface area contributed by atoms with Gasteiger partial charge in [0.2, 0.25) is 0 Å². The molecule has 2 heterocycles. The van der Waals surface area contributed by atoms with Gasteiger partial charge in [-0.2, -0.15) is 0 Å². The van der Waals surface area contributed by atoms with Crippen LogP contribution in [-0.4, -0.2) is 26.0 Å². The number of aryl methyl sites for hydroxylation is 2. The Morgan fingerprint density at radius 3 is 2.35 bits per heavy atom. The normalized spacial score (nSPS) is 10.6. The van der Waals surface area contributed by atoms with Gasteiger partial charge in [0.05, 0.1) is 11.3 Å². The Bertz CT molecular complexity index is 665. The van der Waals surface area contributed by atoms with Gasteiger partial charge in [0.25, 0.3) is 0 Å². The van der Waals surface area contributed by atoms with E-state index in [1.54, 1.807) is 0 Å². The quantitative estimate of drug-likeness (QED) is 0.835. The van der Waals surface area contributed by atoms with Crippen molar-refractivity contribution < 1.29 is 9.90 Å². The molecule has 0 bridgehead atoms. The lowest BCUT2D eigenvalue weighted by atomic mass is 10.2. The fraction of sp³-hybridized carbons (Fsp3) is 0.231. The molecule has 0 aromatic carbocycles. The molecule has 0 radical (unpaired) electrons. The Morgan fingerprint density at radius 2 is 1.85 bits per heavy atom. The van der Waals surface area contributed by atoms with Crippen LogP contribution < -0.4 is 5.73 Å². The molecule has 0 amide bonds. The monoisotopic (exact) mass is 290 g/mol. The summed E-state index contributed by atoms with van der Waals surface area (Å²) >= 11 is 1.22. The molecule has 20 heavy (non-hydrogen) atoms. The molecule has 2 rings (SSSR count). The lowest BCUT2D eigenvalue weighted by Gasteiger charge is -2.08. The Balaban J connectivity index is 2.33. The van der Waals surface area contributed by atoms with E-state index >= 15 is 0 Å². The highest BCUT2D eigenvalue weighted by molar-refractivity contribution is 7.99. The van der Waals surface area contributed by atoms with Crippen LogP contribution in [0.2, 0.25) is 0 Å². The first-order chi connectivity index (χ1) is 9.38. The van der Waals surface area contributed by atoms with E-state index in [4.69, 9.17) is 10.8 Å². The molecule has 0 spiro atoms. The van der Waals surface area contributed by atoms with E-state index in [0.29, 0.717) is 15.9 Å². The minimum absolute atomic E-state index is 0.0593. The molecule has 7 heteroatoms. The number of rotatable bonds is 3. The molecule has 0 aliphatic rings. The summed E-state index contributed by atoms with van der Waals surface area (Å²) in [5, 5.41) is 9.91. The standard InChI is InChI=1S/C13H14N4O2S/c1-6-7(2)16-13(17-8(6)3)20-11-10(14)4-9(5-15-11)12(18)19/h4-5H,14H2,1-3H3,(H,18,19). The second kappa shape index (κ2) is 5.46. The summed E-state index contributed by atoms with van der Waals surface area (Å²) in [6.45, 7) is 5.80. The number of carboxylic acids is 1. The number of nitrogen functional groups attached to an aromatic ring is 1. The van der Waals surface area contributed by atoms with Gasteiger partial charge in [-0.15, -0.1) is 0 Å². The van der Waals surface area contributed by atoms with Gasteiger partial charge in [-0.3, -0.25) is 0 Å². The Morgan fingerprint density at radius 1 is 1.25 bits per heavy atom. The van der Waals surface area contributed by atoms with Crippen LogP contribution in [0.25, 0.3) is 0 Å². The first kappa shape index (κ1) is 14.3. The number of nitrogens with two attached hydrogens (primary N) is 1. The molecule has 0 aliphatic heterocycles. The molecule has 3 N–H and O–H groups in total. The van der Waals surface area contributed by atoms with Gasteiger partial charge in [-0.05, 0) is 44.2 Å². The third kappa shape index (κ3) is 2.88. The Labute approximate surface area is 120 Å². The van der Waals surface area contributed by atoms with Crippen molar-refractivity contribution in [1.29, 1.82) is 0 Å². The highest BCUT2D eigenvalue weighted by Gasteiger charge is 2.12. The van der Waals surface area contributed by atoms with E-state index in [2.05, 4.69) is 15.0 Å². The van der Waals surface area contributed by atoms with Crippen LogP contribution in [-0.2, 0) is 0 Å². The van der Waals surface area contributed by atoms with Crippen molar-refractivity contribution in [3.8, 4) is 0 Å². The van der Waals surface area contributed by atoms with E-state index < -0.39 is 5.97 Å². The fourth-order valence-corrected chi connectivity index (χ4v) is 2.37. The molecular weight excluding hydrogens is 276 g/mol. The SMILES string of the molecule is Cc1nc(Sc2ncc(C(=O)O)cc2N)nc(C)c1C. The van der Waals surface area contributed by atoms with Gasteiger partial charge in [-0.25, -0.2) is 19.7 Å². The predicted octanol–water partition coefficient (Wildman–Crippen LogP) is 2.23. The van der Waals surface area contributed by atoms with Crippen molar-refractivity contribution in [2.24, 2.45) is 0 Å². The summed E-state index contributed by atoms with van der Waals surface area (Å²) in [4.78, 5) is 23.6. The summed E-state index contributed by atoms with van der Waals surface area (Å²) in [7, 11) is 0. The third-order valence-electron chi connectivity index (χ3n) is 2.93. The lowest BCUT2D eigenvalue weighted by molar-refractivity contribution is 0.0696. The van der Waals surface area contributed by atoms with Gasteiger partial charge in [0.1, 0.15) is 5.03 Å². The average Bonchev–Trinajstić information content (AvgIpc) is 2.38. The maximum Gasteiger partial charge on any atom is 0.337 e. The highest BCUT2D eigenvalue weighted by Crippen LogP contribution is 2.29. The molecule has 0 fully saturated rings. The largest absolute Gasteiger partial charge is 0.478 e. The van der Waals surface area contributed by atoms with E-state index in [0.717, 1.165) is 17.0 Å². The van der Waals surface area contributed by atoms with Crippen molar-refractivity contribution in [3.05, 3.63) is 34.8 Å². The van der Waals surface area contributed by atoms with Crippen molar-refractivity contribution in [3.63, 3.8) is 0 Å². The summed E-state index contributed by atoms with van der Waals surface area (Å²) in [5.74, 6) is -1.06. The molecule has 0 atom stereocenters. The topological polar surface area (TPSA) is 102 Å². The van der Waals surface area contributed by atoms with Crippen LogP contribution >= 0.6 is 11.8 Å². The van der Waals surface area contributed by atoms with Crippen LogP contribution in [0.1, 0.15) is 27.3 Å². The van der Waals surface area contributed by atoms with E-state index in [1.165, 1.54) is 24.0 Å². The minimum Gasteiger partial charge on any atom is -0.478 e. The molecule has 0 saturated heterocycles. The number of hydrogen-bond acceptors (Lipinski definition) is 6. The van der Waals surface area contributed by atoms with Crippen LogP contribution in [0.5, 0.6) is 0 Å². The van der Waals surface area contributed by atoms with E-state index in [9.17, 15) is 4.79 Å². The molecule has 2 aromatic rings. The number of anilines is 1. The molecule has 104 valence electrons. The Kier molecular flexibility index (Phi) is 3.89. The first-order valence-electron chi connectivity index (χ1n) is 5.87. The van der Waals surface area contributed by atoms with Crippen LogP contribution in [0, 0.1) is 20.8 Å². The number of hydrogen-bond donors (Lipinski definition) is 2. The van der Waals surface area contributed by atoms with Gasteiger partial charge < -0.3 is 10.8 Å². The van der Waals surface area contributed by atoms with Crippen molar-refractivity contribution in [2.45, 2.75) is 31.0 Å². The summed E-state index contributed by atoms with van der Waals surface area (Å²) in [6.07, 6.45) is 1.27. The van der Waals surface area contributed by atoms with Crippen molar-refractivity contribution in [1.82, 2.24) is 15.0 Å². The average molecular weight is 290 g/mol. The second-order valence-electron chi connectivity index (χ2n) is 4.33. The summed E-state index contributed by atoms with van der Waals surface area (Å²) in [6, 6.07) is 1.38. The maximum atomic E-state index is 10.8. The van der Waals surface area contributed by atoms with Crippen molar-refractivity contribution in [2.75, 3.05) is 5.73 Å². The second-order valence-corrected chi connectivity index (χ2v) is 5.28. The highest BCUT2D eigenvalue weighted by atomic mass is 32.2. The zero-order chi connectivity index (χ0) is 14.9. The number of aromatic carboxylic acids is 1. The molecule has 0 aliphatic carbocycles. The number of pyridine rings is 1. The van der Waals surface area contributed by atoms with E-state index in [-0.39, 0.29) is 5.56 Å². The first-order valence-corrected chi connectivity index (χ1v) is 6.68. The zero-order valence-electron chi connectivity index (χ0n) is 11.3. The lowest BCUT2D eigenvalue weighted by Crippen LogP contribution is -2.02. The van der Waals surface area contributed by atoms with Gasteiger partial charge in [0, 0.05) is 17.6 Å². The minimum atomic E-state index is -1.06. The zero-order valence-corrected chi connectivity index (χ0v) is 12.2. The Hall–Kier alpha value is -2.15. The molecule has 0 saturated carbocycles. The number of nitrogens with zero attached hydrogens (tertiary/aromatic N) is 3. The molecular formula is C13H14N4O2S. The number of aromatic nitrogens is 3. The summed E-state index contributed by atoms with van der Waals surface area (Å²) in [5.41, 5.74) is 9.03. The van der Waals surface area contributed by atoms with Gasteiger partial charge in [-0.1, -0.05) is 0 Å². The van der Waals surface area contributed by atoms with Gasteiger partial charge >= 0.3 is 5.97 Å². The van der Waals surface area contributed by atoms with E-state index in [1.807, 2.05) is 20.8 Å². The maximum absolute atomic E-state index is 10.8. The van der Waals surface area contributed by atoms with Crippen molar-refractivity contribution >= 4 is 23.4 Å².